The van der Waals surface area contributed by atoms with E-state index in [9.17, 15) is 0 Å². The number of nitrogens with zero attached hydrogens (tertiary/aromatic N) is 1. The lowest BCUT2D eigenvalue weighted by Gasteiger charge is -2.08. The van der Waals surface area contributed by atoms with Crippen molar-refractivity contribution in [1.29, 1.82) is 0 Å². The standard InChI is InChI=1S/C18H21N3O/c1-22-18-15(9-6-12-20-18)17-14(8-4-5-11-19)13-7-2-3-10-16(13)21-17/h2-3,6-7,9-10,12,21H,4-5,8,11,19H2,1H3. The molecule has 0 aliphatic carbocycles. The van der Waals surface area contributed by atoms with Crippen molar-refractivity contribution in [3.63, 3.8) is 0 Å². The molecule has 22 heavy (non-hydrogen) atoms. The third-order valence-corrected chi connectivity index (χ3v) is 3.93. The summed E-state index contributed by atoms with van der Waals surface area (Å²) in [7, 11) is 1.66. The van der Waals surface area contributed by atoms with E-state index in [1.807, 2.05) is 18.2 Å². The highest BCUT2D eigenvalue weighted by molar-refractivity contribution is 5.91. The van der Waals surface area contributed by atoms with Gasteiger partial charge >= 0.3 is 0 Å². The summed E-state index contributed by atoms with van der Waals surface area (Å²) in [4.78, 5) is 7.85. The van der Waals surface area contributed by atoms with Gasteiger partial charge in [-0.25, -0.2) is 4.98 Å². The molecule has 0 radical (unpaired) electrons. The number of pyridine rings is 1. The molecule has 0 spiro atoms. The van der Waals surface area contributed by atoms with Gasteiger partial charge in [0.25, 0.3) is 0 Å². The number of aromatic nitrogens is 2. The summed E-state index contributed by atoms with van der Waals surface area (Å²) in [6.45, 7) is 0.730. The molecule has 1 aromatic carbocycles. The van der Waals surface area contributed by atoms with E-state index in [1.165, 1.54) is 10.9 Å². The highest BCUT2D eigenvalue weighted by atomic mass is 16.5. The minimum absolute atomic E-state index is 0.647. The Morgan fingerprint density at radius 2 is 2.00 bits per heavy atom. The highest BCUT2D eigenvalue weighted by Crippen LogP contribution is 2.35. The number of fused-ring (bicyclic) bond motifs is 1. The van der Waals surface area contributed by atoms with Gasteiger partial charge in [0.05, 0.1) is 18.4 Å². The largest absolute Gasteiger partial charge is 0.481 e. The molecule has 114 valence electrons. The highest BCUT2D eigenvalue weighted by Gasteiger charge is 2.16. The molecule has 3 aromatic rings. The molecular weight excluding hydrogens is 274 g/mol. The Labute approximate surface area is 130 Å². The van der Waals surface area contributed by atoms with Crippen molar-refractivity contribution in [3.05, 3.63) is 48.2 Å². The number of rotatable bonds is 6. The van der Waals surface area contributed by atoms with E-state index in [2.05, 4.69) is 28.2 Å². The van der Waals surface area contributed by atoms with Crippen LogP contribution in [0, 0.1) is 0 Å². The Hall–Kier alpha value is -2.33. The number of aromatic amines is 1. The average molecular weight is 295 g/mol. The molecule has 0 saturated carbocycles. The first-order valence-corrected chi connectivity index (χ1v) is 7.64. The van der Waals surface area contributed by atoms with Crippen molar-refractivity contribution >= 4 is 10.9 Å². The monoisotopic (exact) mass is 295 g/mol. The lowest BCUT2D eigenvalue weighted by molar-refractivity contribution is 0.399. The summed E-state index contributed by atoms with van der Waals surface area (Å²) >= 11 is 0. The van der Waals surface area contributed by atoms with Crippen molar-refractivity contribution in [2.24, 2.45) is 5.73 Å². The van der Waals surface area contributed by atoms with E-state index in [0.717, 1.165) is 42.6 Å². The van der Waals surface area contributed by atoms with E-state index in [0.29, 0.717) is 5.88 Å². The van der Waals surface area contributed by atoms with Crippen molar-refractivity contribution in [2.75, 3.05) is 13.7 Å². The summed E-state index contributed by atoms with van der Waals surface area (Å²) in [6.07, 6.45) is 4.85. The second-order valence-electron chi connectivity index (χ2n) is 5.33. The predicted octanol–water partition coefficient (Wildman–Crippen LogP) is 3.52. The van der Waals surface area contributed by atoms with Crippen LogP contribution in [0.2, 0.25) is 0 Å². The van der Waals surface area contributed by atoms with Gasteiger partial charge in [0.1, 0.15) is 0 Å². The number of hydrogen-bond donors (Lipinski definition) is 2. The number of ether oxygens (including phenoxy) is 1. The molecule has 0 amide bonds. The fraction of sp³-hybridized carbons (Fsp3) is 0.278. The third-order valence-electron chi connectivity index (χ3n) is 3.93. The first-order chi connectivity index (χ1) is 10.8. The first-order valence-electron chi connectivity index (χ1n) is 7.64. The molecule has 0 atom stereocenters. The Bertz CT molecular complexity index is 764. The molecule has 3 N–H and O–H groups in total. The van der Waals surface area contributed by atoms with Gasteiger partial charge in [0.2, 0.25) is 5.88 Å². The van der Waals surface area contributed by atoms with Gasteiger partial charge in [-0.05, 0) is 49.6 Å². The molecule has 4 nitrogen and oxygen atoms in total. The van der Waals surface area contributed by atoms with Crippen LogP contribution < -0.4 is 10.5 Å². The molecular formula is C18H21N3O. The Morgan fingerprint density at radius 1 is 1.14 bits per heavy atom. The maximum atomic E-state index is 5.64. The quantitative estimate of drug-likeness (QED) is 0.684. The average Bonchev–Trinajstić information content (AvgIpc) is 2.94. The zero-order valence-corrected chi connectivity index (χ0v) is 12.8. The second-order valence-corrected chi connectivity index (χ2v) is 5.33. The van der Waals surface area contributed by atoms with Crippen LogP contribution in [-0.2, 0) is 6.42 Å². The second kappa shape index (κ2) is 6.62. The van der Waals surface area contributed by atoms with Crippen molar-refractivity contribution in [2.45, 2.75) is 19.3 Å². The zero-order valence-electron chi connectivity index (χ0n) is 12.8. The van der Waals surface area contributed by atoms with Crippen molar-refractivity contribution in [3.8, 4) is 17.1 Å². The van der Waals surface area contributed by atoms with E-state index in [1.54, 1.807) is 13.3 Å². The van der Waals surface area contributed by atoms with Crippen LogP contribution in [0.4, 0.5) is 0 Å². The van der Waals surface area contributed by atoms with E-state index in [4.69, 9.17) is 10.5 Å². The van der Waals surface area contributed by atoms with Crippen LogP contribution in [0.15, 0.2) is 42.6 Å². The normalized spacial score (nSPS) is 11.0. The van der Waals surface area contributed by atoms with E-state index >= 15 is 0 Å². The zero-order chi connectivity index (χ0) is 15.4. The van der Waals surface area contributed by atoms with Crippen LogP contribution in [-0.4, -0.2) is 23.6 Å². The number of benzene rings is 1. The molecule has 4 heteroatoms. The minimum atomic E-state index is 0.647. The number of para-hydroxylation sites is 1. The number of H-pyrrole nitrogens is 1. The summed E-state index contributed by atoms with van der Waals surface area (Å²) in [5, 5.41) is 1.26. The van der Waals surface area contributed by atoms with E-state index in [-0.39, 0.29) is 0 Å². The van der Waals surface area contributed by atoms with Gasteiger partial charge in [-0.15, -0.1) is 0 Å². The number of unbranched alkanes of at least 4 members (excludes halogenated alkanes) is 1. The SMILES string of the molecule is COc1ncccc1-c1[nH]c2ccccc2c1CCCCN. The molecule has 0 bridgehead atoms. The summed E-state index contributed by atoms with van der Waals surface area (Å²) in [5.41, 5.74) is 10.2. The van der Waals surface area contributed by atoms with Crippen molar-refractivity contribution in [1.82, 2.24) is 9.97 Å². The third kappa shape index (κ3) is 2.70. The Morgan fingerprint density at radius 3 is 2.82 bits per heavy atom. The maximum absolute atomic E-state index is 5.64. The molecule has 0 aliphatic heterocycles. The van der Waals surface area contributed by atoms with Gasteiger partial charge < -0.3 is 15.5 Å². The molecule has 2 aromatic heterocycles. The van der Waals surface area contributed by atoms with Gasteiger partial charge in [0, 0.05) is 17.1 Å². The van der Waals surface area contributed by atoms with E-state index < -0.39 is 0 Å². The van der Waals surface area contributed by atoms with Crippen LogP contribution in [0.1, 0.15) is 18.4 Å². The lowest BCUT2D eigenvalue weighted by atomic mass is 10.0. The fourth-order valence-corrected chi connectivity index (χ4v) is 2.88. The smallest absolute Gasteiger partial charge is 0.222 e. The fourth-order valence-electron chi connectivity index (χ4n) is 2.88. The summed E-state index contributed by atoms with van der Waals surface area (Å²) < 4.78 is 5.43. The summed E-state index contributed by atoms with van der Waals surface area (Å²) in [6, 6.07) is 12.4. The minimum Gasteiger partial charge on any atom is -0.481 e. The molecule has 2 heterocycles. The molecule has 0 aliphatic rings. The molecule has 0 fully saturated rings. The summed E-state index contributed by atoms with van der Waals surface area (Å²) in [5.74, 6) is 0.647. The predicted molar refractivity (Wildman–Crippen MR) is 90.1 cm³/mol. The van der Waals surface area contributed by atoms with Crippen LogP contribution in [0.5, 0.6) is 5.88 Å². The number of aryl methyl sites for hydroxylation is 1. The van der Waals surface area contributed by atoms with Crippen LogP contribution >= 0.6 is 0 Å². The van der Waals surface area contributed by atoms with Gasteiger partial charge in [-0.1, -0.05) is 18.2 Å². The number of nitrogens with one attached hydrogen (secondary N) is 1. The molecule has 3 rings (SSSR count). The molecule has 0 saturated heterocycles. The maximum Gasteiger partial charge on any atom is 0.222 e. The van der Waals surface area contributed by atoms with Crippen LogP contribution in [0.25, 0.3) is 22.2 Å². The molecule has 0 unspecified atom stereocenters. The number of methoxy groups -OCH3 is 1. The number of hydrogen-bond acceptors (Lipinski definition) is 3. The topological polar surface area (TPSA) is 63.9 Å². The first kappa shape index (κ1) is 14.6. The Balaban J connectivity index is 2.13. The van der Waals surface area contributed by atoms with Gasteiger partial charge in [0.15, 0.2) is 0 Å². The van der Waals surface area contributed by atoms with Crippen LogP contribution in [0.3, 0.4) is 0 Å². The van der Waals surface area contributed by atoms with Gasteiger partial charge in [-0.3, -0.25) is 0 Å². The number of nitrogens with two attached hydrogens (primary N) is 1. The Kier molecular flexibility index (Phi) is 4.39. The van der Waals surface area contributed by atoms with Gasteiger partial charge in [-0.2, -0.15) is 0 Å². The van der Waals surface area contributed by atoms with Crippen molar-refractivity contribution < 1.29 is 4.74 Å². The lowest BCUT2D eigenvalue weighted by Crippen LogP contribution is -1.99.